The van der Waals surface area contributed by atoms with Crippen LogP contribution in [0.25, 0.3) is 0 Å². The molecule has 21 heavy (non-hydrogen) atoms. The number of benzene rings is 1. The van der Waals surface area contributed by atoms with Crippen LogP contribution in [0.5, 0.6) is 0 Å². The predicted molar refractivity (Wildman–Crippen MR) is 65.0 cm³/mol. The summed E-state index contributed by atoms with van der Waals surface area (Å²) in [5, 5.41) is 2.44. The Morgan fingerprint density at radius 1 is 1.24 bits per heavy atom. The Labute approximate surface area is 118 Å². The normalized spacial score (nSPS) is 13.0. The summed E-state index contributed by atoms with van der Waals surface area (Å²) in [5.74, 6) is -2.39. The van der Waals surface area contributed by atoms with Gasteiger partial charge in [0, 0.05) is 19.2 Å². The smallest absolute Gasteiger partial charge is 0.315 e. The Balaban J connectivity index is 3.29. The molecular weight excluding hydrogens is 319 g/mol. The van der Waals surface area contributed by atoms with E-state index in [-0.39, 0.29) is 10.8 Å². The number of nitrogens with one attached hydrogen (secondary N) is 1. The predicted octanol–water partition coefficient (Wildman–Crippen LogP) is 1.87. The minimum absolute atomic E-state index is 0.0352. The van der Waals surface area contributed by atoms with Crippen LogP contribution in [0.4, 0.5) is 22.0 Å². The van der Waals surface area contributed by atoms with E-state index in [0.29, 0.717) is 19.2 Å². The lowest BCUT2D eigenvalue weighted by molar-refractivity contribution is -0.134. The van der Waals surface area contributed by atoms with E-state index in [2.05, 4.69) is 5.32 Å². The van der Waals surface area contributed by atoms with Crippen LogP contribution in [0.15, 0.2) is 17.0 Å². The molecule has 0 unspecified atom stereocenters. The van der Waals surface area contributed by atoms with Crippen molar-refractivity contribution in [3.8, 4) is 0 Å². The number of alkyl halides is 3. The van der Waals surface area contributed by atoms with Gasteiger partial charge in [-0.2, -0.15) is 17.5 Å². The zero-order valence-corrected chi connectivity index (χ0v) is 11.9. The van der Waals surface area contributed by atoms with Crippen molar-refractivity contribution < 1.29 is 30.4 Å². The first-order valence-electron chi connectivity index (χ1n) is 5.65. The van der Waals surface area contributed by atoms with E-state index < -0.39 is 44.8 Å². The maximum Gasteiger partial charge on any atom is 0.402 e. The Hall–Kier alpha value is -1.26. The molecule has 0 fully saturated rings. The highest BCUT2D eigenvalue weighted by Crippen LogP contribution is 2.25. The van der Waals surface area contributed by atoms with Gasteiger partial charge in [0.25, 0.3) is 0 Å². The van der Waals surface area contributed by atoms with E-state index in [1.54, 1.807) is 0 Å². The maximum absolute atomic E-state index is 14.0. The van der Waals surface area contributed by atoms with E-state index in [4.69, 9.17) is 0 Å². The van der Waals surface area contributed by atoms with Gasteiger partial charge >= 0.3 is 6.18 Å². The molecule has 0 heterocycles. The number of rotatable bonds is 5. The van der Waals surface area contributed by atoms with Gasteiger partial charge in [0.1, 0.15) is 17.3 Å². The average molecular weight is 332 g/mol. The van der Waals surface area contributed by atoms with Crippen LogP contribution >= 0.6 is 0 Å². The van der Waals surface area contributed by atoms with E-state index in [9.17, 15) is 30.4 Å². The first kappa shape index (κ1) is 17.8. The Bertz CT molecular complexity index is 616. The first-order valence-corrected chi connectivity index (χ1v) is 7.09. The summed E-state index contributed by atoms with van der Waals surface area (Å²) in [6.07, 6.45) is -4.77. The first-order chi connectivity index (χ1) is 9.50. The van der Waals surface area contributed by atoms with Crippen LogP contribution < -0.4 is 5.32 Å². The second kappa shape index (κ2) is 6.24. The number of halogens is 5. The van der Waals surface area contributed by atoms with Gasteiger partial charge < -0.3 is 5.32 Å². The minimum Gasteiger partial charge on any atom is -0.315 e. The van der Waals surface area contributed by atoms with Gasteiger partial charge in [-0.25, -0.2) is 17.2 Å². The maximum atomic E-state index is 14.0. The Morgan fingerprint density at radius 3 is 2.29 bits per heavy atom. The van der Waals surface area contributed by atoms with Crippen LogP contribution in [0.2, 0.25) is 0 Å². The molecular formula is C11H13F5N2O2S. The lowest BCUT2D eigenvalue weighted by Crippen LogP contribution is -2.36. The molecule has 0 atom stereocenters. The van der Waals surface area contributed by atoms with E-state index >= 15 is 0 Å². The standard InChI is InChI=1S/C11H13F5N2O2S/c1-17-5-7-8(12)3-4-9(10(7)13)21(19,20)18(2)6-11(14,15)16/h3-4,17H,5-6H2,1-2H3. The monoisotopic (exact) mass is 332 g/mol. The molecule has 0 radical (unpaired) electrons. The Kier molecular flexibility index (Phi) is 5.29. The number of sulfonamides is 1. The molecule has 120 valence electrons. The van der Waals surface area contributed by atoms with Crippen LogP contribution in [0.3, 0.4) is 0 Å². The van der Waals surface area contributed by atoms with E-state index in [0.717, 1.165) is 0 Å². The molecule has 4 nitrogen and oxygen atoms in total. The van der Waals surface area contributed by atoms with Crippen molar-refractivity contribution in [2.75, 3.05) is 20.6 Å². The summed E-state index contributed by atoms with van der Waals surface area (Å²) >= 11 is 0. The summed E-state index contributed by atoms with van der Waals surface area (Å²) in [6.45, 7) is -2.07. The summed E-state index contributed by atoms with van der Waals surface area (Å²) in [6, 6.07) is 1.30. The Morgan fingerprint density at radius 2 is 1.81 bits per heavy atom. The zero-order valence-electron chi connectivity index (χ0n) is 11.1. The highest BCUT2D eigenvalue weighted by molar-refractivity contribution is 7.89. The third-order valence-corrected chi connectivity index (χ3v) is 4.42. The number of nitrogens with zero attached hydrogens (tertiary/aromatic N) is 1. The molecule has 0 amide bonds. The van der Waals surface area contributed by atoms with E-state index in [1.165, 1.54) is 7.05 Å². The largest absolute Gasteiger partial charge is 0.402 e. The molecule has 1 aromatic rings. The van der Waals surface area contributed by atoms with Crippen LogP contribution in [0, 0.1) is 11.6 Å². The number of hydrogen-bond donors (Lipinski definition) is 1. The highest BCUT2D eigenvalue weighted by Gasteiger charge is 2.36. The quantitative estimate of drug-likeness (QED) is 0.838. The van der Waals surface area contributed by atoms with Gasteiger partial charge in [-0.15, -0.1) is 0 Å². The third-order valence-electron chi connectivity index (χ3n) is 2.59. The summed E-state index contributed by atoms with van der Waals surface area (Å²) in [4.78, 5) is -0.999. The topological polar surface area (TPSA) is 49.4 Å². The fourth-order valence-electron chi connectivity index (χ4n) is 1.62. The second-order valence-corrected chi connectivity index (χ2v) is 6.26. The zero-order chi connectivity index (χ0) is 16.4. The van der Waals surface area contributed by atoms with Gasteiger partial charge in [0.15, 0.2) is 5.82 Å². The van der Waals surface area contributed by atoms with Crippen LogP contribution in [-0.4, -0.2) is 39.5 Å². The van der Waals surface area contributed by atoms with Gasteiger partial charge in [0.05, 0.1) is 0 Å². The minimum atomic E-state index is -4.77. The highest BCUT2D eigenvalue weighted by atomic mass is 32.2. The molecule has 0 spiro atoms. The molecule has 0 saturated heterocycles. The summed E-state index contributed by atoms with van der Waals surface area (Å²) in [7, 11) is -2.66. The fraction of sp³-hybridized carbons (Fsp3) is 0.455. The molecule has 0 bridgehead atoms. The van der Waals surface area contributed by atoms with Crippen molar-refractivity contribution in [1.82, 2.24) is 9.62 Å². The molecule has 0 aromatic heterocycles. The number of hydrogen-bond acceptors (Lipinski definition) is 3. The van der Waals surface area contributed by atoms with Crippen molar-refractivity contribution in [2.24, 2.45) is 0 Å². The van der Waals surface area contributed by atoms with Crippen molar-refractivity contribution in [1.29, 1.82) is 0 Å². The van der Waals surface area contributed by atoms with Crippen LogP contribution in [0.1, 0.15) is 5.56 Å². The molecule has 0 saturated carbocycles. The fourth-order valence-corrected chi connectivity index (χ4v) is 2.86. The summed E-state index contributed by atoms with van der Waals surface area (Å²) < 4.78 is 88.0. The molecule has 0 aliphatic carbocycles. The van der Waals surface area contributed by atoms with Crippen molar-refractivity contribution in [3.05, 3.63) is 29.3 Å². The molecule has 1 rings (SSSR count). The van der Waals surface area contributed by atoms with Gasteiger partial charge in [-0.1, -0.05) is 0 Å². The second-order valence-electron chi connectivity index (χ2n) is 4.24. The van der Waals surface area contributed by atoms with E-state index in [1.807, 2.05) is 0 Å². The van der Waals surface area contributed by atoms with Gasteiger partial charge in [-0.05, 0) is 19.2 Å². The average Bonchev–Trinajstić information content (AvgIpc) is 2.31. The lowest BCUT2D eigenvalue weighted by Gasteiger charge is -2.20. The lowest BCUT2D eigenvalue weighted by atomic mass is 10.2. The molecule has 0 aliphatic rings. The van der Waals surface area contributed by atoms with Crippen molar-refractivity contribution >= 4 is 10.0 Å². The van der Waals surface area contributed by atoms with Gasteiger partial charge in [-0.3, -0.25) is 0 Å². The van der Waals surface area contributed by atoms with Gasteiger partial charge in [0.2, 0.25) is 10.0 Å². The van der Waals surface area contributed by atoms with Crippen molar-refractivity contribution in [2.45, 2.75) is 17.6 Å². The van der Waals surface area contributed by atoms with Crippen LogP contribution in [-0.2, 0) is 16.6 Å². The summed E-state index contributed by atoms with van der Waals surface area (Å²) in [5.41, 5.74) is -0.556. The molecule has 0 aliphatic heterocycles. The molecule has 10 heteroatoms. The third kappa shape index (κ3) is 4.11. The molecule has 1 aromatic carbocycles. The molecule has 1 N–H and O–H groups in total. The SMILES string of the molecule is CNCc1c(F)ccc(S(=O)(=O)N(C)CC(F)(F)F)c1F. The van der Waals surface area contributed by atoms with Crippen molar-refractivity contribution in [3.63, 3.8) is 0 Å².